The van der Waals surface area contributed by atoms with E-state index in [1.54, 1.807) is 24.9 Å². The quantitative estimate of drug-likeness (QED) is 0.277. The topological polar surface area (TPSA) is 119 Å². The van der Waals surface area contributed by atoms with Gasteiger partial charge in [0.1, 0.15) is 0 Å². The number of nitrogens with two attached hydrogens (primary N) is 1. The minimum absolute atomic E-state index is 0.0483. The Morgan fingerprint density at radius 1 is 0.929 bits per heavy atom. The molecule has 0 unspecified atom stereocenters. The number of carbonyl (C=O) groups excluding carboxylic acids is 2. The summed E-state index contributed by atoms with van der Waals surface area (Å²) >= 11 is 0. The number of nitrogens with zero attached hydrogens (tertiary/aromatic N) is 2. The van der Waals surface area contributed by atoms with Gasteiger partial charge in [-0.25, -0.2) is 0 Å². The zero-order valence-electron chi connectivity index (χ0n) is 23.6. The van der Waals surface area contributed by atoms with Gasteiger partial charge < -0.3 is 0 Å². The first-order chi connectivity index (χ1) is 20.0. The van der Waals surface area contributed by atoms with Gasteiger partial charge in [0.2, 0.25) is 0 Å². The van der Waals surface area contributed by atoms with Gasteiger partial charge in [0.15, 0.2) is 0 Å². The maximum atomic E-state index is 14.2. The van der Waals surface area contributed by atoms with Crippen LogP contribution < -0.4 is 21.6 Å². The third-order valence-corrected chi connectivity index (χ3v) is 14.9. The van der Waals surface area contributed by atoms with Crippen LogP contribution in [0.15, 0.2) is 115 Å². The van der Waals surface area contributed by atoms with Crippen molar-refractivity contribution in [2.24, 2.45) is 11.7 Å². The summed E-state index contributed by atoms with van der Waals surface area (Å²) in [5.41, 5.74) is 6.29. The van der Waals surface area contributed by atoms with E-state index >= 15 is 0 Å². The Balaban J connectivity index is 1.69. The Kier molecular flexibility index (Phi) is 7.85. The van der Waals surface area contributed by atoms with Gasteiger partial charge in [0.05, 0.1) is 0 Å². The van der Waals surface area contributed by atoms with Crippen molar-refractivity contribution in [3.63, 3.8) is 0 Å². The number of amides is 3. The molecule has 2 atom stereocenters. The van der Waals surface area contributed by atoms with Crippen molar-refractivity contribution in [3.8, 4) is 0 Å². The van der Waals surface area contributed by atoms with E-state index in [2.05, 4.69) is 0 Å². The number of rotatable bonds is 10. The van der Waals surface area contributed by atoms with Crippen LogP contribution in [0.1, 0.15) is 20.8 Å². The van der Waals surface area contributed by atoms with E-state index in [4.69, 9.17) is 14.0 Å². The number of carbonyl (C=O) groups is 2. The molecule has 3 aromatic carbocycles. The Morgan fingerprint density at radius 3 is 1.81 bits per heavy atom. The van der Waals surface area contributed by atoms with E-state index in [1.165, 1.54) is 4.90 Å². The van der Waals surface area contributed by atoms with Crippen LogP contribution in [-0.2, 0) is 23.4 Å². The molecule has 2 aliphatic heterocycles. The molecule has 0 aromatic heterocycles. The number of benzene rings is 3. The van der Waals surface area contributed by atoms with Gasteiger partial charge >= 0.3 is 247 Å². The molecule has 0 radical (unpaired) electrons. The van der Waals surface area contributed by atoms with E-state index in [0.29, 0.717) is 21.5 Å². The average molecular weight is 608 g/mol. The monoisotopic (exact) mass is 607 g/mol. The van der Waals surface area contributed by atoms with Crippen LogP contribution >= 0.6 is 6.83 Å². The molecule has 3 aromatic rings. The number of primary amides is 1. The summed E-state index contributed by atoms with van der Waals surface area (Å²) in [6, 6.07) is 25.0. The molecule has 2 heterocycles. The van der Waals surface area contributed by atoms with Crippen LogP contribution in [0.5, 0.6) is 0 Å². The van der Waals surface area contributed by atoms with Crippen molar-refractivity contribution in [3.05, 3.63) is 115 Å². The summed E-state index contributed by atoms with van der Waals surface area (Å²) in [7, 11) is -4.95. The fourth-order valence-electron chi connectivity index (χ4n) is 5.98. The molecule has 3 amide bonds. The second-order valence-electron chi connectivity index (χ2n) is 10.6. The van der Waals surface area contributed by atoms with Crippen LogP contribution in [0.2, 0.25) is 0 Å². The SMILES string of the molecule is C/C=C/P(OS(=O)(=O)ON1C(=O)N2C[C@H]1C=C(C(C)C)[C@H]2C(N)=O)(c1ccccc1)(c1ccccc1)c1ccccc1. The van der Waals surface area contributed by atoms with Crippen molar-refractivity contribution < 1.29 is 26.3 Å². The van der Waals surface area contributed by atoms with Crippen molar-refractivity contribution in [2.45, 2.75) is 32.9 Å². The zero-order chi connectivity index (χ0) is 30.1. The molecule has 2 aliphatic rings. The van der Waals surface area contributed by atoms with Crippen molar-refractivity contribution >= 4 is 45.1 Å². The molecule has 0 aliphatic carbocycles. The Morgan fingerprint density at radius 2 is 1.40 bits per heavy atom. The van der Waals surface area contributed by atoms with Crippen LogP contribution in [0.25, 0.3) is 0 Å². The number of hydroxylamine groups is 2. The standard InChI is InChI=1S/C31H34N3O6PS/c1-4-20-41(25-14-8-5-9-15-25,26-16-10-6-11-17-26,27-18-12-7-13-19-27)40-42(37,38)39-34-24-21-28(23(2)3)29(30(32)35)33(22-24)31(34)36/h4-21,23-24,29H,22H2,1-3H3,(H2,32,35)/b20-4+/t24-,29+/m1/s1. The van der Waals surface area contributed by atoms with Crippen LogP contribution in [0.4, 0.5) is 4.79 Å². The molecule has 1 saturated heterocycles. The summed E-state index contributed by atoms with van der Waals surface area (Å²) in [6.45, 7) is 1.14. The van der Waals surface area contributed by atoms with Gasteiger partial charge in [-0.05, 0) is 0 Å². The van der Waals surface area contributed by atoms with Gasteiger partial charge in [-0.1, -0.05) is 0 Å². The van der Waals surface area contributed by atoms with E-state index in [1.807, 2.05) is 105 Å². The van der Waals surface area contributed by atoms with E-state index in [-0.39, 0.29) is 12.5 Å². The molecule has 11 heteroatoms. The first-order valence-corrected chi connectivity index (χ1v) is 17.2. The van der Waals surface area contributed by atoms with Gasteiger partial charge in [-0.15, -0.1) is 0 Å². The fraction of sp³-hybridized carbons (Fsp3) is 0.226. The third-order valence-electron chi connectivity index (χ3n) is 7.73. The number of urea groups is 1. The normalized spacial score (nSPS) is 20.0. The van der Waals surface area contributed by atoms with Gasteiger partial charge in [-0.3, -0.25) is 0 Å². The minimum atomic E-state index is -4.95. The Labute approximate surface area is 246 Å². The molecule has 9 nitrogen and oxygen atoms in total. The molecule has 42 heavy (non-hydrogen) atoms. The molecule has 220 valence electrons. The molecule has 2 N–H and O–H groups in total. The molecule has 1 fully saturated rings. The number of fused-ring (bicyclic) bond motifs is 2. The summed E-state index contributed by atoms with van der Waals surface area (Å²) in [4.78, 5) is 27.1. The Hall–Kier alpha value is -3.82. The molecule has 0 saturated carbocycles. The van der Waals surface area contributed by atoms with E-state index < -0.39 is 41.3 Å². The molecular weight excluding hydrogens is 573 g/mol. The van der Waals surface area contributed by atoms with Crippen LogP contribution in [0, 0.1) is 5.92 Å². The number of hydrogen-bond donors (Lipinski definition) is 1. The second kappa shape index (κ2) is 11.1. The molecule has 5 rings (SSSR count). The second-order valence-corrected chi connectivity index (χ2v) is 16.2. The summed E-state index contributed by atoms with van der Waals surface area (Å²) in [5.74, 6) is 0.998. The fourth-order valence-corrected chi connectivity index (χ4v) is 13.5. The summed E-state index contributed by atoms with van der Waals surface area (Å²) in [5, 5.41) is 2.63. The Bertz CT molecular complexity index is 1550. The van der Waals surface area contributed by atoms with Crippen LogP contribution in [-0.4, -0.2) is 48.9 Å². The summed E-state index contributed by atoms with van der Waals surface area (Å²) < 4.78 is 40.4. The van der Waals surface area contributed by atoms with Crippen molar-refractivity contribution in [2.75, 3.05) is 6.54 Å². The van der Waals surface area contributed by atoms with Crippen molar-refractivity contribution in [1.82, 2.24) is 9.96 Å². The molecular formula is C31H34N3O6PS. The van der Waals surface area contributed by atoms with Crippen molar-refractivity contribution in [1.29, 1.82) is 0 Å². The summed E-state index contributed by atoms with van der Waals surface area (Å²) in [6.07, 6.45) is 3.46. The molecule has 0 spiro atoms. The zero-order valence-corrected chi connectivity index (χ0v) is 25.3. The van der Waals surface area contributed by atoms with Crippen LogP contribution in [0.3, 0.4) is 0 Å². The van der Waals surface area contributed by atoms with Gasteiger partial charge in [0.25, 0.3) is 0 Å². The third kappa shape index (κ3) is 4.74. The maximum absolute atomic E-state index is 14.2. The number of hydrogen-bond acceptors (Lipinski definition) is 6. The van der Waals surface area contributed by atoms with E-state index in [0.717, 1.165) is 5.06 Å². The predicted octanol–water partition coefficient (Wildman–Crippen LogP) is 3.71. The molecule has 2 bridgehead atoms. The van der Waals surface area contributed by atoms with E-state index in [9.17, 15) is 18.0 Å². The average Bonchev–Trinajstić information content (AvgIpc) is 3.21. The van der Waals surface area contributed by atoms with Gasteiger partial charge in [-0.2, -0.15) is 0 Å². The first kappa shape index (κ1) is 29.7. The number of allylic oxidation sites excluding steroid dienone is 1. The predicted molar refractivity (Wildman–Crippen MR) is 165 cm³/mol. The first-order valence-electron chi connectivity index (χ1n) is 13.6. The van der Waals surface area contributed by atoms with Gasteiger partial charge in [0, 0.05) is 0 Å².